The summed E-state index contributed by atoms with van der Waals surface area (Å²) in [6, 6.07) is 16.1. The third kappa shape index (κ3) is 4.88. The summed E-state index contributed by atoms with van der Waals surface area (Å²) in [6.07, 6.45) is 1.46. The number of amides is 2. The Morgan fingerprint density at radius 3 is 2.44 bits per heavy atom. The van der Waals surface area contributed by atoms with Crippen LogP contribution in [0.4, 0.5) is 15.8 Å². The molecule has 3 aromatic carbocycles. The number of fused-ring (bicyclic) bond motifs is 1. The first-order valence-corrected chi connectivity index (χ1v) is 11.2. The minimum atomic E-state index is -0.400. The summed E-state index contributed by atoms with van der Waals surface area (Å²) in [7, 11) is 1.54. The van der Waals surface area contributed by atoms with Crippen LogP contribution < -0.4 is 19.7 Å². The zero-order chi connectivity index (χ0) is 24.2. The third-order valence-corrected chi connectivity index (χ3v) is 5.62. The highest BCUT2D eigenvalue weighted by Gasteiger charge is 2.26. The molecule has 0 radical (unpaired) electrons. The molecular weight excluding hydrogens is 435 g/mol. The van der Waals surface area contributed by atoms with Gasteiger partial charge in [0.2, 0.25) is 0 Å². The zero-order valence-electron chi connectivity index (χ0n) is 19.4. The number of rotatable bonds is 6. The molecule has 0 aliphatic carbocycles. The summed E-state index contributed by atoms with van der Waals surface area (Å²) in [5, 5.41) is 2.91. The second-order valence-corrected chi connectivity index (χ2v) is 8.36. The molecule has 0 saturated carbocycles. The van der Waals surface area contributed by atoms with Gasteiger partial charge in [0.25, 0.3) is 11.8 Å². The molecule has 2 amide bonds. The second kappa shape index (κ2) is 9.95. The van der Waals surface area contributed by atoms with Crippen LogP contribution in [0.15, 0.2) is 60.7 Å². The minimum absolute atomic E-state index is 0.0204. The van der Waals surface area contributed by atoms with Crippen molar-refractivity contribution in [2.45, 2.75) is 32.8 Å². The summed E-state index contributed by atoms with van der Waals surface area (Å²) in [5.41, 5.74) is 3.14. The standard InChI is InChI=1S/C27H27FN2O4/c1-17(2)34-24-14-11-19(16-25(24)33-3)27(32)30-15-5-6-21-22(7-4-8-23(21)30)29-26(31)18-9-12-20(28)13-10-18/h4,7-14,16-17H,5-6,15H2,1-3H3,(H,29,31). The Kier molecular flexibility index (Phi) is 6.82. The van der Waals surface area contributed by atoms with Gasteiger partial charge in [0.15, 0.2) is 11.5 Å². The van der Waals surface area contributed by atoms with E-state index in [0.29, 0.717) is 34.9 Å². The molecule has 176 valence electrons. The number of carbonyl (C=O) groups is 2. The molecule has 0 fully saturated rings. The highest BCUT2D eigenvalue weighted by Crippen LogP contribution is 2.35. The van der Waals surface area contributed by atoms with E-state index in [-0.39, 0.29) is 17.9 Å². The Bertz CT molecular complexity index is 1210. The molecule has 1 N–H and O–H groups in total. The number of carbonyl (C=O) groups excluding carboxylic acids is 2. The smallest absolute Gasteiger partial charge is 0.258 e. The first-order valence-electron chi connectivity index (χ1n) is 11.2. The SMILES string of the molecule is COc1cc(C(=O)N2CCCc3c(NC(=O)c4ccc(F)cc4)cccc32)ccc1OC(C)C. The molecule has 1 aliphatic heterocycles. The van der Waals surface area contributed by atoms with E-state index in [1.807, 2.05) is 32.0 Å². The van der Waals surface area contributed by atoms with Crippen molar-refractivity contribution in [2.24, 2.45) is 0 Å². The fourth-order valence-corrected chi connectivity index (χ4v) is 4.06. The van der Waals surface area contributed by atoms with Crippen molar-refractivity contribution in [3.63, 3.8) is 0 Å². The number of anilines is 2. The summed E-state index contributed by atoms with van der Waals surface area (Å²) in [6.45, 7) is 4.42. The molecular formula is C27H27FN2O4. The van der Waals surface area contributed by atoms with E-state index in [2.05, 4.69) is 5.32 Å². The van der Waals surface area contributed by atoms with Gasteiger partial charge in [-0.15, -0.1) is 0 Å². The first kappa shape index (κ1) is 23.3. The lowest BCUT2D eigenvalue weighted by Gasteiger charge is -2.31. The maximum atomic E-state index is 13.5. The van der Waals surface area contributed by atoms with Gasteiger partial charge in [0.1, 0.15) is 5.82 Å². The molecule has 6 nitrogen and oxygen atoms in total. The first-order chi connectivity index (χ1) is 16.4. The number of hydrogen-bond acceptors (Lipinski definition) is 4. The fourth-order valence-electron chi connectivity index (χ4n) is 4.06. The van der Waals surface area contributed by atoms with Gasteiger partial charge in [-0.2, -0.15) is 0 Å². The van der Waals surface area contributed by atoms with Crippen LogP contribution in [0.25, 0.3) is 0 Å². The molecule has 7 heteroatoms. The maximum Gasteiger partial charge on any atom is 0.258 e. The van der Waals surface area contributed by atoms with E-state index in [0.717, 1.165) is 24.1 Å². The van der Waals surface area contributed by atoms with Crippen LogP contribution in [-0.4, -0.2) is 31.6 Å². The number of benzene rings is 3. The molecule has 3 aromatic rings. The largest absolute Gasteiger partial charge is 0.493 e. The topological polar surface area (TPSA) is 67.9 Å². The van der Waals surface area contributed by atoms with E-state index >= 15 is 0 Å². The van der Waals surface area contributed by atoms with Gasteiger partial charge in [-0.3, -0.25) is 9.59 Å². The average molecular weight is 463 g/mol. The Morgan fingerprint density at radius 1 is 1.00 bits per heavy atom. The molecule has 0 bridgehead atoms. The van der Waals surface area contributed by atoms with Crippen LogP contribution in [-0.2, 0) is 6.42 Å². The molecule has 0 saturated heterocycles. The Labute approximate surface area is 198 Å². The van der Waals surface area contributed by atoms with Gasteiger partial charge in [-0.1, -0.05) is 6.07 Å². The summed E-state index contributed by atoms with van der Waals surface area (Å²) < 4.78 is 24.4. The zero-order valence-corrected chi connectivity index (χ0v) is 19.4. The van der Waals surface area contributed by atoms with Crippen LogP contribution in [0.1, 0.15) is 46.5 Å². The highest BCUT2D eigenvalue weighted by atomic mass is 19.1. The summed E-state index contributed by atoms with van der Waals surface area (Å²) >= 11 is 0. The second-order valence-electron chi connectivity index (χ2n) is 8.36. The number of hydrogen-bond donors (Lipinski definition) is 1. The molecule has 0 spiro atoms. The Balaban J connectivity index is 1.60. The lowest BCUT2D eigenvalue weighted by molar-refractivity contribution is 0.0983. The van der Waals surface area contributed by atoms with E-state index in [1.165, 1.54) is 24.3 Å². The molecule has 0 atom stereocenters. The van der Waals surface area contributed by atoms with Crippen LogP contribution in [0.2, 0.25) is 0 Å². The van der Waals surface area contributed by atoms with Crippen molar-refractivity contribution in [3.05, 3.63) is 83.2 Å². The highest BCUT2D eigenvalue weighted by molar-refractivity contribution is 6.09. The van der Waals surface area contributed by atoms with Crippen LogP contribution in [0, 0.1) is 5.82 Å². The number of nitrogens with zero attached hydrogens (tertiary/aromatic N) is 1. The van der Waals surface area contributed by atoms with Crippen LogP contribution in [0.3, 0.4) is 0 Å². The van der Waals surface area contributed by atoms with Gasteiger partial charge >= 0.3 is 0 Å². The van der Waals surface area contributed by atoms with Crippen molar-refractivity contribution in [2.75, 3.05) is 23.9 Å². The lowest BCUT2D eigenvalue weighted by atomic mass is 9.98. The van der Waals surface area contributed by atoms with Gasteiger partial charge in [0.05, 0.1) is 13.2 Å². The van der Waals surface area contributed by atoms with E-state index in [9.17, 15) is 14.0 Å². The third-order valence-electron chi connectivity index (χ3n) is 5.62. The Hall–Kier alpha value is -3.87. The van der Waals surface area contributed by atoms with Crippen LogP contribution >= 0.6 is 0 Å². The van der Waals surface area contributed by atoms with Crippen molar-refractivity contribution in [1.29, 1.82) is 0 Å². The van der Waals surface area contributed by atoms with Crippen molar-refractivity contribution in [1.82, 2.24) is 0 Å². The van der Waals surface area contributed by atoms with E-state index in [1.54, 1.807) is 30.2 Å². The predicted octanol–water partition coefficient (Wildman–Crippen LogP) is 5.47. The molecule has 4 rings (SSSR count). The summed E-state index contributed by atoms with van der Waals surface area (Å²) in [4.78, 5) is 27.9. The molecule has 0 unspecified atom stereocenters. The number of nitrogens with one attached hydrogen (secondary N) is 1. The van der Waals surface area contributed by atoms with Crippen molar-refractivity contribution >= 4 is 23.2 Å². The molecule has 1 heterocycles. The van der Waals surface area contributed by atoms with Gasteiger partial charge in [-0.25, -0.2) is 4.39 Å². The molecule has 0 aromatic heterocycles. The average Bonchev–Trinajstić information content (AvgIpc) is 2.83. The van der Waals surface area contributed by atoms with Gasteiger partial charge < -0.3 is 19.7 Å². The number of methoxy groups -OCH3 is 1. The monoisotopic (exact) mass is 462 g/mol. The van der Waals surface area contributed by atoms with Crippen molar-refractivity contribution in [3.8, 4) is 11.5 Å². The minimum Gasteiger partial charge on any atom is -0.493 e. The quantitative estimate of drug-likeness (QED) is 0.528. The number of ether oxygens (including phenoxy) is 2. The van der Waals surface area contributed by atoms with E-state index in [4.69, 9.17) is 9.47 Å². The number of halogens is 1. The van der Waals surface area contributed by atoms with Crippen molar-refractivity contribution < 1.29 is 23.5 Å². The van der Waals surface area contributed by atoms with Gasteiger partial charge in [-0.05, 0) is 86.8 Å². The maximum absolute atomic E-state index is 13.5. The van der Waals surface area contributed by atoms with Gasteiger partial charge in [0, 0.05) is 29.0 Å². The predicted molar refractivity (Wildman–Crippen MR) is 130 cm³/mol. The molecule has 34 heavy (non-hydrogen) atoms. The fraction of sp³-hybridized carbons (Fsp3) is 0.259. The lowest BCUT2D eigenvalue weighted by Crippen LogP contribution is -2.36. The van der Waals surface area contributed by atoms with E-state index < -0.39 is 5.82 Å². The molecule has 1 aliphatic rings. The normalized spacial score (nSPS) is 12.8. The Morgan fingerprint density at radius 2 is 1.74 bits per heavy atom. The summed E-state index contributed by atoms with van der Waals surface area (Å²) in [5.74, 6) is 0.193. The van der Waals surface area contributed by atoms with Crippen LogP contribution in [0.5, 0.6) is 11.5 Å².